The number of halogens is 4. The van der Waals surface area contributed by atoms with Gasteiger partial charge < -0.3 is 14.5 Å². The molecule has 0 fully saturated rings. The van der Waals surface area contributed by atoms with E-state index < -0.39 is 12.3 Å². The fraction of sp³-hybridized carbons (Fsp3) is 0.0714. The van der Waals surface area contributed by atoms with E-state index in [-0.39, 0.29) is 5.75 Å². The number of amides is 1. The molecular weight excluding hydrogens is 367 g/mol. The van der Waals surface area contributed by atoms with Gasteiger partial charge >= 0.3 is 6.36 Å². The molecule has 1 aromatic heterocycles. The monoisotopic (exact) mass is 375 g/mol. The summed E-state index contributed by atoms with van der Waals surface area (Å²) in [6.07, 6.45) is -2.04. The van der Waals surface area contributed by atoms with E-state index in [1.165, 1.54) is 24.3 Å². The van der Waals surface area contributed by atoms with Gasteiger partial charge in [-0.15, -0.1) is 13.2 Å². The number of rotatable bonds is 4. The fourth-order valence-corrected chi connectivity index (χ4v) is 1.82. The van der Waals surface area contributed by atoms with Crippen molar-refractivity contribution in [1.82, 2.24) is 0 Å². The van der Waals surface area contributed by atoms with Crippen LogP contribution in [0.4, 0.5) is 18.9 Å². The summed E-state index contributed by atoms with van der Waals surface area (Å²) in [7, 11) is 0. The third-order valence-electron chi connectivity index (χ3n) is 2.35. The second-order valence-electron chi connectivity index (χ2n) is 4.04. The third-order valence-corrected chi connectivity index (χ3v) is 2.77. The van der Waals surface area contributed by atoms with E-state index in [1.54, 1.807) is 12.1 Å². The Morgan fingerprint density at radius 1 is 1.18 bits per heavy atom. The number of alkyl halides is 3. The van der Waals surface area contributed by atoms with Gasteiger partial charge in [0.1, 0.15) is 11.5 Å². The van der Waals surface area contributed by atoms with Gasteiger partial charge in [-0.25, -0.2) is 0 Å². The zero-order valence-electron chi connectivity index (χ0n) is 10.9. The smallest absolute Gasteiger partial charge is 0.450 e. The van der Waals surface area contributed by atoms with Gasteiger partial charge in [0, 0.05) is 11.8 Å². The number of anilines is 1. The Morgan fingerprint density at radius 2 is 1.86 bits per heavy atom. The highest BCUT2D eigenvalue weighted by Gasteiger charge is 2.30. The van der Waals surface area contributed by atoms with Gasteiger partial charge in [0.15, 0.2) is 4.67 Å². The lowest BCUT2D eigenvalue weighted by molar-refractivity contribution is -0.274. The van der Waals surface area contributed by atoms with Gasteiger partial charge in [-0.05, 0) is 58.4 Å². The fourth-order valence-electron chi connectivity index (χ4n) is 1.50. The van der Waals surface area contributed by atoms with Crippen molar-refractivity contribution in [3.05, 3.63) is 52.9 Å². The molecule has 116 valence electrons. The van der Waals surface area contributed by atoms with Crippen molar-refractivity contribution in [2.45, 2.75) is 6.36 Å². The first-order valence-corrected chi connectivity index (χ1v) is 6.71. The van der Waals surface area contributed by atoms with Gasteiger partial charge in [-0.2, -0.15) is 0 Å². The van der Waals surface area contributed by atoms with E-state index in [0.29, 0.717) is 16.1 Å². The minimum absolute atomic E-state index is 0.338. The molecule has 0 aliphatic rings. The predicted octanol–water partition coefficient (Wildman–Crippen LogP) is 4.59. The molecule has 4 nitrogen and oxygen atoms in total. The Hall–Kier alpha value is -2.22. The molecule has 0 aliphatic carbocycles. The van der Waals surface area contributed by atoms with E-state index >= 15 is 0 Å². The van der Waals surface area contributed by atoms with E-state index in [4.69, 9.17) is 4.42 Å². The van der Waals surface area contributed by atoms with E-state index in [1.807, 2.05) is 0 Å². The molecule has 2 rings (SSSR count). The van der Waals surface area contributed by atoms with Crippen LogP contribution in [0.2, 0.25) is 0 Å². The van der Waals surface area contributed by atoms with Crippen molar-refractivity contribution >= 4 is 33.6 Å². The molecule has 2 aromatic rings. The van der Waals surface area contributed by atoms with Crippen LogP contribution in [-0.2, 0) is 4.79 Å². The highest BCUT2D eigenvalue weighted by atomic mass is 79.9. The molecule has 1 heterocycles. The summed E-state index contributed by atoms with van der Waals surface area (Å²) in [6.45, 7) is 0. The van der Waals surface area contributed by atoms with Gasteiger partial charge in [-0.1, -0.05) is 0 Å². The number of carbonyl (C=O) groups excluding carboxylic acids is 1. The largest absolute Gasteiger partial charge is 0.573 e. The summed E-state index contributed by atoms with van der Waals surface area (Å²) < 4.78 is 45.4. The molecule has 0 saturated carbocycles. The molecule has 0 unspecified atom stereocenters. The normalized spacial score (nSPS) is 11.6. The second kappa shape index (κ2) is 6.69. The average molecular weight is 376 g/mol. The van der Waals surface area contributed by atoms with Crippen LogP contribution in [0.1, 0.15) is 5.76 Å². The first kappa shape index (κ1) is 16.2. The number of carbonyl (C=O) groups is 1. The Kier molecular flexibility index (Phi) is 4.92. The molecule has 1 aromatic carbocycles. The van der Waals surface area contributed by atoms with Crippen LogP contribution in [0.5, 0.6) is 5.75 Å². The first-order valence-electron chi connectivity index (χ1n) is 5.92. The lowest BCUT2D eigenvalue weighted by atomic mass is 10.3. The Morgan fingerprint density at radius 3 is 2.41 bits per heavy atom. The van der Waals surface area contributed by atoms with Gasteiger partial charge in [0.05, 0.1) is 0 Å². The van der Waals surface area contributed by atoms with Crippen LogP contribution in [0.25, 0.3) is 6.08 Å². The molecular formula is C14H9BrF3NO3. The maximum absolute atomic E-state index is 12.0. The van der Waals surface area contributed by atoms with Crippen molar-refractivity contribution in [2.75, 3.05) is 5.32 Å². The van der Waals surface area contributed by atoms with Crippen LogP contribution in [-0.4, -0.2) is 12.3 Å². The lowest BCUT2D eigenvalue weighted by Crippen LogP contribution is -2.17. The Labute approximate surface area is 131 Å². The maximum Gasteiger partial charge on any atom is 0.573 e. The number of ether oxygens (including phenoxy) is 1. The number of furan rings is 1. The number of nitrogens with one attached hydrogen (secondary N) is 1. The van der Waals surface area contributed by atoms with Crippen LogP contribution in [0.15, 0.2) is 51.6 Å². The summed E-state index contributed by atoms with van der Waals surface area (Å²) in [5.41, 5.74) is 0.338. The van der Waals surface area contributed by atoms with E-state index in [9.17, 15) is 18.0 Å². The van der Waals surface area contributed by atoms with Crippen molar-refractivity contribution in [3.8, 4) is 5.75 Å². The zero-order chi connectivity index (χ0) is 16.2. The molecule has 0 radical (unpaired) electrons. The number of hydrogen-bond acceptors (Lipinski definition) is 3. The van der Waals surface area contributed by atoms with Crippen molar-refractivity contribution in [2.24, 2.45) is 0 Å². The minimum atomic E-state index is -4.75. The predicted molar refractivity (Wildman–Crippen MR) is 77.2 cm³/mol. The van der Waals surface area contributed by atoms with E-state index in [2.05, 4.69) is 26.0 Å². The average Bonchev–Trinajstić information content (AvgIpc) is 2.83. The highest BCUT2D eigenvalue weighted by molar-refractivity contribution is 9.10. The molecule has 22 heavy (non-hydrogen) atoms. The molecule has 0 saturated heterocycles. The van der Waals surface area contributed by atoms with E-state index in [0.717, 1.165) is 12.1 Å². The van der Waals surface area contributed by atoms with Gasteiger partial charge in [0.2, 0.25) is 5.91 Å². The van der Waals surface area contributed by atoms with Crippen molar-refractivity contribution in [3.63, 3.8) is 0 Å². The topological polar surface area (TPSA) is 51.5 Å². The SMILES string of the molecule is O=C(C=Cc1ccc(Br)o1)Nc1ccc(OC(F)(F)F)cc1. The van der Waals surface area contributed by atoms with Crippen molar-refractivity contribution in [1.29, 1.82) is 0 Å². The highest BCUT2D eigenvalue weighted by Crippen LogP contribution is 2.24. The zero-order valence-corrected chi connectivity index (χ0v) is 12.4. The summed E-state index contributed by atoms with van der Waals surface area (Å²) >= 11 is 3.13. The molecule has 0 spiro atoms. The minimum Gasteiger partial charge on any atom is -0.450 e. The molecule has 8 heteroatoms. The molecule has 0 aliphatic heterocycles. The van der Waals surface area contributed by atoms with Gasteiger partial charge in [0.25, 0.3) is 0 Å². The summed E-state index contributed by atoms with van der Waals surface area (Å²) in [5, 5.41) is 2.49. The third kappa shape index (κ3) is 5.28. The Balaban J connectivity index is 1.93. The Bertz CT molecular complexity index is 677. The van der Waals surface area contributed by atoms with Crippen LogP contribution >= 0.6 is 15.9 Å². The van der Waals surface area contributed by atoms with Crippen LogP contribution in [0, 0.1) is 0 Å². The summed E-state index contributed by atoms with van der Waals surface area (Å²) in [6, 6.07) is 8.16. The second-order valence-corrected chi connectivity index (χ2v) is 4.82. The molecule has 0 atom stereocenters. The molecule has 1 amide bonds. The number of benzene rings is 1. The molecule has 0 bridgehead atoms. The standard InChI is InChI=1S/C14H9BrF3NO3/c15-12-7-5-10(21-12)6-8-13(20)19-9-1-3-11(4-2-9)22-14(16,17)18/h1-8H,(H,19,20). The van der Waals surface area contributed by atoms with Crippen LogP contribution in [0.3, 0.4) is 0 Å². The summed E-state index contributed by atoms with van der Waals surface area (Å²) in [5.74, 6) is -0.325. The molecule has 1 N–H and O–H groups in total. The van der Waals surface area contributed by atoms with Crippen LogP contribution < -0.4 is 10.1 Å². The number of hydrogen-bond donors (Lipinski definition) is 1. The lowest BCUT2D eigenvalue weighted by Gasteiger charge is -2.09. The quantitative estimate of drug-likeness (QED) is 0.794. The first-order chi connectivity index (χ1) is 10.3. The van der Waals surface area contributed by atoms with Crippen molar-refractivity contribution < 1.29 is 27.1 Å². The van der Waals surface area contributed by atoms with Gasteiger partial charge in [-0.3, -0.25) is 4.79 Å². The summed E-state index contributed by atoms with van der Waals surface area (Å²) in [4.78, 5) is 11.6. The maximum atomic E-state index is 12.0.